The lowest BCUT2D eigenvalue weighted by Crippen LogP contribution is -2.43. The molecule has 1 unspecified atom stereocenters. The van der Waals surface area contributed by atoms with Gasteiger partial charge in [0, 0.05) is 41.1 Å². The number of ketones is 1. The lowest BCUT2D eigenvalue weighted by atomic mass is 9.83. The number of Topliss-reactive ketones (excluding diaryl/α,β-unsaturated/α-hetero) is 1. The lowest BCUT2D eigenvalue weighted by Gasteiger charge is -2.27. The van der Waals surface area contributed by atoms with E-state index in [0.717, 1.165) is 15.5 Å². The highest BCUT2D eigenvalue weighted by molar-refractivity contribution is 6.30. The quantitative estimate of drug-likeness (QED) is 0.487. The Morgan fingerprint density at radius 1 is 0.967 bits per heavy atom. The van der Waals surface area contributed by atoms with E-state index in [1.165, 1.54) is 11.6 Å². The van der Waals surface area contributed by atoms with E-state index in [9.17, 15) is 14.4 Å². The second-order valence-corrected chi connectivity index (χ2v) is 7.79. The Bertz CT molecular complexity index is 1460. The average molecular weight is 421 g/mol. The van der Waals surface area contributed by atoms with Crippen molar-refractivity contribution in [3.05, 3.63) is 91.1 Å². The van der Waals surface area contributed by atoms with Gasteiger partial charge in [0.25, 0.3) is 5.56 Å². The van der Waals surface area contributed by atoms with Gasteiger partial charge in [-0.05, 0) is 30.3 Å². The monoisotopic (exact) mass is 420 g/mol. The van der Waals surface area contributed by atoms with Crippen molar-refractivity contribution in [1.29, 1.82) is 0 Å². The molecule has 0 saturated heterocycles. The summed E-state index contributed by atoms with van der Waals surface area (Å²) in [6.07, 6.45) is 0. The summed E-state index contributed by atoms with van der Waals surface area (Å²) in [5, 5.41) is 4.53. The molecule has 8 heteroatoms. The van der Waals surface area contributed by atoms with Crippen molar-refractivity contribution in [2.75, 3.05) is 5.32 Å². The summed E-state index contributed by atoms with van der Waals surface area (Å²) >= 11 is 5.99. The number of carbonyl (C=O) groups is 1. The highest BCUT2D eigenvalue weighted by Gasteiger charge is 2.38. The molecule has 7 nitrogen and oxygen atoms in total. The zero-order chi connectivity index (χ0) is 21.2. The van der Waals surface area contributed by atoms with Gasteiger partial charge in [0.15, 0.2) is 5.78 Å². The standard InChI is InChI=1S/C22H17ClN4O3/c1-26-20-17(21(29)27(2)22(26)30)16(18(28)11-7-9-12(23)10-8-11)15-13-5-3-4-6-14(13)24-19(15)25-20/h3-10,16,24-25H,1-2H3. The molecule has 4 aromatic rings. The first kappa shape index (κ1) is 18.4. The predicted octanol–water partition coefficient (Wildman–Crippen LogP) is 3.29. The molecule has 1 aliphatic rings. The van der Waals surface area contributed by atoms with E-state index in [1.807, 2.05) is 24.3 Å². The van der Waals surface area contributed by atoms with Crippen LogP contribution in [0.3, 0.4) is 0 Å². The van der Waals surface area contributed by atoms with Crippen LogP contribution in [0, 0.1) is 0 Å². The fraction of sp³-hybridized carbons (Fsp3) is 0.136. The molecule has 0 amide bonds. The molecule has 2 aromatic heterocycles. The smallest absolute Gasteiger partial charge is 0.332 e. The Hall–Kier alpha value is -3.58. The van der Waals surface area contributed by atoms with Gasteiger partial charge in [-0.15, -0.1) is 0 Å². The number of nitrogens with one attached hydrogen (secondary N) is 2. The third kappa shape index (κ3) is 2.48. The summed E-state index contributed by atoms with van der Waals surface area (Å²) in [7, 11) is 2.99. The Morgan fingerprint density at radius 3 is 2.40 bits per heavy atom. The number of hydrogen-bond acceptors (Lipinski definition) is 4. The third-order valence-electron chi connectivity index (χ3n) is 5.66. The molecule has 0 bridgehead atoms. The summed E-state index contributed by atoms with van der Waals surface area (Å²) in [4.78, 5) is 42.7. The van der Waals surface area contributed by atoms with E-state index in [1.54, 1.807) is 31.3 Å². The van der Waals surface area contributed by atoms with Crippen LogP contribution in [-0.4, -0.2) is 19.9 Å². The van der Waals surface area contributed by atoms with Crippen molar-refractivity contribution in [2.45, 2.75) is 5.92 Å². The second kappa shape index (κ2) is 6.47. The molecule has 0 spiro atoms. The maximum absolute atomic E-state index is 13.7. The molecule has 2 aromatic carbocycles. The van der Waals surface area contributed by atoms with E-state index >= 15 is 0 Å². The minimum absolute atomic E-state index is 0.240. The van der Waals surface area contributed by atoms with E-state index in [-0.39, 0.29) is 11.3 Å². The van der Waals surface area contributed by atoms with Crippen molar-refractivity contribution in [3.63, 3.8) is 0 Å². The van der Waals surface area contributed by atoms with Crippen LogP contribution in [0.4, 0.5) is 11.6 Å². The number of nitrogens with zero attached hydrogens (tertiary/aromatic N) is 2. The molecule has 0 fully saturated rings. The van der Waals surface area contributed by atoms with Crippen LogP contribution in [0.25, 0.3) is 10.9 Å². The first-order valence-corrected chi connectivity index (χ1v) is 9.73. The maximum atomic E-state index is 13.7. The van der Waals surface area contributed by atoms with Crippen LogP contribution in [0.5, 0.6) is 0 Å². The summed E-state index contributed by atoms with van der Waals surface area (Å²) in [5.74, 6) is -0.205. The highest BCUT2D eigenvalue weighted by Crippen LogP contribution is 2.44. The summed E-state index contributed by atoms with van der Waals surface area (Å²) in [6, 6.07) is 14.2. The fourth-order valence-electron chi connectivity index (χ4n) is 4.15. The molecule has 5 rings (SSSR count). The van der Waals surface area contributed by atoms with Crippen molar-refractivity contribution in [2.24, 2.45) is 14.1 Å². The Balaban J connectivity index is 1.87. The largest absolute Gasteiger partial charge is 0.341 e. The maximum Gasteiger partial charge on any atom is 0.332 e. The average Bonchev–Trinajstić information content (AvgIpc) is 3.13. The molecule has 0 aliphatic carbocycles. The van der Waals surface area contributed by atoms with Gasteiger partial charge in [-0.25, -0.2) is 4.79 Å². The minimum atomic E-state index is -0.876. The first-order chi connectivity index (χ1) is 14.4. The zero-order valence-corrected chi connectivity index (χ0v) is 16.9. The molecule has 1 atom stereocenters. The number of para-hydroxylation sites is 1. The van der Waals surface area contributed by atoms with Gasteiger partial charge >= 0.3 is 5.69 Å². The van der Waals surface area contributed by atoms with Gasteiger partial charge < -0.3 is 10.3 Å². The van der Waals surface area contributed by atoms with E-state index < -0.39 is 17.2 Å². The number of fused-ring (bicyclic) bond motifs is 4. The Kier molecular flexibility index (Phi) is 3.98. The molecular weight excluding hydrogens is 404 g/mol. The molecule has 30 heavy (non-hydrogen) atoms. The van der Waals surface area contributed by atoms with Gasteiger partial charge in [0.1, 0.15) is 11.6 Å². The van der Waals surface area contributed by atoms with Gasteiger partial charge in [-0.3, -0.25) is 18.7 Å². The van der Waals surface area contributed by atoms with Gasteiger partial charge in [-0.1, -0.05) is 29.8 Å². The van der Waals surface area contributed by atoms with Crippen molar-refractivity contribution >= 4 is 39.9 Å². The van der Waals surface area contributed by atoms with Gasteiger partial charge in [0.2, 0.25) is 0 Å². The Labute approximate surface area is 175 Å². The lowest BCUT2D eigenvalue weighted by molar-refractivity contribution is 0.0973. The molecule has 150 valence electrons. The molecule has 2 N–H and O–H groups in total. The zero-order valence-electron chi connectivity index (χ0n) is 16.2. The number of benzene rings is 2. The van der Waals surface area contributed by atoms with E-state index in [0.29, 0.717) is 27.8 Å². The van der Waals surface area contributed by atoms with Crippen LogP contribution in [-0.2, 0) is 14.1 Å². The molecule has 1 aliphatic heterocycles. The van der Waals surface area contributed by atoms with Gasteiger partial charge in [0.05, 0.1) is 11.5 Å². The molecule has 0 radical (unpaired) electrons. The van der Waals surface area contributed by atoms with E-state index in [2.05, 4.69) is 10.3 Å². The normalized spacial score (nSPS) is 14.8. The molecule has 0 saturated carbocycles. The van der Waals surface area contributed by atoms with Crippen LogP contribution >= 0.6 is 11.6 Å². The predicted molar refractivity (Wildman–Crippen MR) is 116 cm³/mol. The fourth-order valence-corrected chi connectivity index (χ4v) is 4.28. The first-order valence-electron chi connectivity index (χ1n) is 9.35. The number of halogens is 1. The summed E-state index contributed by atoms with van der Waals surface area (Å²) < 4.78 is 2.38. The number of aromatic amines is 1. The van der Waals surface area contributed by atoms with Crippen LogP contribution in [0.1, 0.15) is 27.4 Å². The van der Waals surface area contributed by atoms with Crippen molar-refractivity contribution < 1.29 is 4.79 Å². The topological polar surface area (TPSA) is 88.9 Å². The summed E-state index contributed by atoms with van der Waals surface area (Å²) in [6.45, 7) is 0. The summed E-state index contributed by atoms with van der Waals surface area (Å²) in [5.41, 5.74) is 1.24. The Morgan fingerprint density at radius 2 is 1.67 bits per heavy atom. The number of anilines is 2. The second-order valence-electron chi connectivity index (χ2n) is 7.36. The minimum Gasteiger partial charge on any atom is -0.341 e. The molecule has 3 heterocycles. The van der Waals surface area contributed by atoms with Crippen molar-refractivity contribution in [3.8, 4) is 0 Å². The SMILES string of the molecule is Cn1c2c(c(=O)n(C)c1=O)C(C(=O)c1ccc(Cl)cc1)c1c([nH]c3ccccc13)N2. The number of aromatic nitrogens is 3. The van der Waals surface area contributed by atoms with Crippen molar-refractivity contribution in [1.82, 2.24) is 14.1 Å². The number of H-pyrrole nitrogens is 1. The third-order valence-corrected chi connectivity index (χ3v) is 5.91. The van der Waals surface area contributed by atoms with E-state index in [4.69, 9.17) is 11.6 Å². The van der Waals surface area contributed by atoms with Gasteiger partial charge in [-0.2, -0.15) is 0 Å². The van der Waals surface area contributed by atoms with Crippen LogP contribution in [0.2, 0.25) is 5.02 Å². The molecular formula is C22H17ClN4O3. The van der Waals surface area contributed by atoms with Crippen LogP contribution in [0.15, 0.2) is 58.1 Å². The number of hydrogen-bond donors (Lipinski definition) is 2. The number of carbonyl (C=O) groups excluding carboxylic acids is 1. The van der Waals surface area contributed by atoms with Crippen LogP contribution < -0.4 is 16.6 Å². The highest BCUT2D eigenvalue weighted by atomic mass is 35.5. The number of rotatable bonds is 2.